The summed E-state index contributed by atoms with van der Waals surface area (Å²) in [5, 5.41) is 0. The van der Waals surface area contributed by atoms with Gasteiger partial charge in [-0.1, -0.05) is 31.2 Å². The van der Waals surface area contributed by atoms with E-state index >= 15 is 0 Å². The molecule has 106 valence electrons. The van der Waals surface area contributed by atoms with Gasteiger partial charge in [0.1, 0.15) is 0 Å². The number of hydrogen-bond donors (Lipinski definition) is 1. The third-order valence-corrected chi connectivity index (χ3v) is 5.24. The first kappa shape index (κ1) is 14.5. The number of rotatable bonds is 5. The van der Waals surface area contributed by atoms with Crippen LogP contribution < -0.4 is 5.73 Å². The number of nitrogens with two attached hydrogens (primary N) is 1. The molecule has 1 heterocycles. The van der Waals surface area contributed by atoms with E-state index in [1.165, 1.54) is 5.56 Å². The molecule has 1 aromatic carbocycles. The number of benzene rings is 1. The second-order valence-corrected chi connectivity index (χ2v) is 7.21. The Morgan fingerprint density at radius 3 is 2.89 bits per heavy atom. The minimum atomic E-state index is -3.19. The van der Waals surface area contributed by atoms with Crippen molar-refractivity contribution in [1.29, 1.82) is 0 Å². The van der Waals surface area contributed by atoms with Crippen molar-refractivity contribution in [2.24, 2.45) is 5.73 Å². The van der Waals surface area contributed by atoms with Crippen LogP contribution in [0.3, 0.4) is 0 Å². The second-order valence-electron chi connectivity index (χ2n) is 5.05. The molecule has 4 nitrogen and oxygen atoms in total. The zero-order chi connectivity index (χ0) is 13.9. The van der Waals surface area contributed by atoms with Crippen molar-refractivity contribution in [3.8, 4) is 0 Å². The Hall–Kier alpha value is -0.910. The maximum atomic E-state index is 12.1. The summed E-state index contributed by atoms with van der Waals surface area (Å²) in [6, 6.07) is 7.60. The van der Waals surface area contributed by atoms with Gasteiger partial charge in [0.05, 0.1) is 24.2 Å². The van der Waals surface area contributed by atoms with Gasteiger partial charge in [0, 0.05) is 6.04 Å². The van der Waals surface area contributed by atoms with Crippen LogP contribution in [0.5, 0.6) is 0 Å². The van der Waals surface area contributed by atoms with E-state index in [1.807, 2.05) is 31.2 Å². The zero-order valence-electron chi connectivity index (χ0n) is 11.2. The first-order valence-electron chi connectivity index (χ1n) is 6.67. The highest BCUT2D eigenvalue weighted by Crippen LogP contribution is 2.28. The van der Waals surface area contributed by atoms with E-state index in [-0.39, 0.29) is 23.7 Å². The van der Waals surface area contributed by atoms with Crippen molar-refractivity contribution in [2.75, 3.05) is 18.1 Å². The summed E-state index contributed by atoms with van der Waals surface area (Å²) in [5.41, 5.74) is 7.93. The highest BCUT2D eigenvalue weighted by Gasteiger charge is 2.27. The molecular formula is C14H21NO3S. The molecule has 0 saturated carbocycles. The molecule has 0 spiro atoms. The van der Waals surface area contributed by atoms with Gasteiger partial charge in [0.15, 0.2) is 9.84 Å². The van der Waals surface area contributed by atoms with Crippen molar-refractivity contribution in [3.05, 3.63) is 35.4 Å². The first-order chi connectivity index (χ1) is 9.02. The maximum absolute atomic E-state index is 12.1. The topological polar surface area (TPSA) is 69.4 Å². The summed E-state index contributed by atoms with van der Waals surface area (Å²) < 4.78 is 29.9. The van der Waals surface area contributed by atoms with E-state index in [2.05, 4.69) is 0 Å². The molecule has 2 rings (SSSR count). The lowest BCUT2D eigenvalue weighted by molar-refractivity contribution is 0.0576. The fraction of sp³-hybridized carbons (Fsp3) is 0.571. The van der Waals surface area contributed by atoms with Gasteiger partial charge in [0.25, 0.3) is 0 Å². The molecule has 1 aliphatic heterocycles. The van der Waals surface area contributed by atoms with E-state index in [0.717, 1.165) is 12.0 Å². The van der Waals surface area contributed by atoms with Crippen molar-refractivity contribution >= 4 is 9.84 Å². The van der Waals surface area contributed by atoms with Gasteiger partial charge >= 0.3 is 0 Å². The summed E-state index contributed by atoms with van der Waals surface area (Å²) in [6.45, 7) is 2.48. The van der Waals surface area contributed by atoms with Crippen molar-refractivity contribution in [2.45, 2.75) is 31.9 Å². The molecule has 2 N–H and O–H groups in total. The second kappa shape index (κ2) is 6.03. The smallest absolute Gasteiger partial charge is 0.154 e. The molecule has 0 bridgehead atoms. The molecule has 0 radical (unpaired) electrons. The Kier molecular flexibility index (Phi) is 4.60. The Morgan fingerprint density at radius 1 is 1.42 bits per heavy atom. The predicted octanol–water partition coefficient (Wildman–Crippen LogP) is 1.45. The van der Waals surface area contributed by atoms with Crippen molar-refractivity contribution in [1.82, 2.24) is 0 Å². The summed E-state index contributed by atoms with van der Waals surface area (Å²) in [6.07, 6.45) is 1.17. The van der Waals surface area contributed by atoms with Crippen LogP contribution in [-0.2, 0) is 21.0 Å². The molecule has 2 atom stereocenters. The number of hydrogen-bond acceptors (Lipinski definition) is 4. The zero-order valence-corrected chi connectivity index (χ0v) is 12.0. The fourth-order valence-corrected chi connectivity index (χ4v) is 4.12. The summed E-state index contributed by atoms with van der Waals surface area (Å²) in [4.78, 5) is 0. The van der Waals surface area contributed by atoms with Crippen LogP contribution in [0.25, 0.3) is 0 Å². The van der Waals surface area contributed by atoms with Crippen molar-refractivity contribution < 1.29 is 13.2 Å². The normalized spacial score (nSPS) is 20.8. The summed E-state index contributed by atoms with van der Waals surface area (Å²) in [7, 11) is -3.19. The average Bonchev–Trinajstić information content (AvgIpc) is 2.38. The summed E-state index contributed by atoms with van der Waals surface area (Å²) in [5.74, 6) is 0.0588. The molecule has 0 amide bonds. The Bertz CT molecular complexity index is 527. The predicted molar refractivity (Wildman–Crippen MR) is 75.8 cm³/mol. The fourth-order valence-electron chi connectivity index (χ4n) is 2.36. The SMILES string of the molecule is CCC(N)CS(=O)(=O)CC1OCCc2ccccc21. The van der Waals surface area contributed by atoms with Crippen LogP contribution in [0.1, 0.15) is 30.6 Å². The lowest BCUT2D eigenvalue weighted by Gasteiger charge is -2.26. The molecule has 0 saturated heterocycles. The minimum Gasteiger partial charge on any atom is -0.372 e. The lowest BCUT2D eigenvalue weighted by atomic mass is 9.99. The quantitative estimate of drug-likeness (QED) is 0.888. The standard InChI is InChI=1S/C14H21NO3S/c1-2-12(15)9-19(16,17)10-14-13-6-4-3-5-11(13)7-8-18-14/h3-6,12,14H,2,7-10,15H2,1H3. The van der Waals surface area contributed by atoms with Gasteiger partial charge < -0.3 is 10.5 Å². The van der Waals surface area contributed by atoms with E-state index < -0.39 is 9.84 Å². The molecule has 2 unspecified atom stereocenters. The van der Waals surface area contributed by atoms with E-state index in [1.54, 1.807) is 0 Å². The van der Waals surface area contributed by atoms with E-state index in [4.69, 9.17) is 10.5 Å². The highest BCUT2D eigenvalue weighted by atomic mass is 32.2. The van der Waals surface area contributed by atoms with Crippen LogP contribution >= 0.6 is 0 Å². The third-order valence-electron chi connectivity index (χ3n) is 3.49. The Labute approximate surface area is 114 Å². The number of fused-ring (bicyclic) bond motifs is 1. The molecule has 1 aromatic rings. The molecule has 19 heavy (non-hydrogen) atoms. The van der Waals surface area contributed by atoms with Gasteiger partial charge in [-0.3, -0.25) is 0 Å². The number of ether oxygens (including phenoxy) is 1. The van der Waals surface area contributed by atoms with Crippen molar-refractivity contribution in [3.63, 3.8) is 0 Å². The van der Waals surface area contributed by atoms with Gasteiger partial charge in [-0.15, -0.1) is 0 Å². The molecule has 5 heteroatoms. The lowest BCUT2D eigenvalue weighted by Crippen LogP contribution is -2.33. The summed E-state index contributed by atoms with van der Waals surface area (Å²) >= 11 is 0. The highest BCUT2D eigenvalue weighted by molar-refractivity contribution is 7.91. The van der Waals surface area contributed by atoms with Gasteiger partial charge in [-0.25, -0.2) is 8.42 Å². The van der Waals surface area contributed by atoms with Gasteiger partial charge in [0.2, 0.25) is 0 Å². The largest absolute Gasteiger partial charge is 0.372 e. The molecule has 0 aromatic heterocycles. The molecule has 0 fully saturated rings. The third kappa shape index (κ3) is 3.78. The number of sulfone groups is 1. The average molecular weight is 283 g/mol. The van der Waals surface area contributed by atoms with E-state index in [0.29, 0.717) is 13.0 Å². The minimum absolute atomic E-state index is 0.0255. The van der Waals surface area contributed by atoms with Crippen LogP contribution in [0.2, 0.25) is 0 Å². The monoisotopic (exact) mass is 283 g/mol. The van der Waals surface area contributed by atoms with Crippen LogP contribution in [0.15, 0.2) is 24.3 Å². The van der Waals surface area contributed by atoms with Crippen LogP contribution in [0.4, 0.5) is 0 Å². The molecule has 0 aliphatic carbocycles. The van der Waals surface area contributed by atoms with Crippen LogP contribution in [-0.4, -0.2) is 32.6 Å². The van der Waals surface area contributed by atoms with E-state index in [9.17, 15) is 8.42 Å². The van der Waals surface area contributed by atoms with Gasteiger partial charge in [-0.05, 0) is 24.0 Å². The Morgan fingerprint density at radius 2 is 2.16 bits per heavy atom. The maximum Gasteiger partial charge on any atom is 0.154 e. The first-order valence-corrected chi connectivity index (χ1v) is 8.49. The molecule has 1 aliphatic rings. The molecular weight excluding hydrogens is 262 g/mol. The Balaban J connectivity index is 2.12. The van der Waals surface area contributed by atoms with Gasteiger partial charge in [-0.2, -0.15) is 0 Å². The van der Waals surface area contributed by atoms with Crippen LogP contribution in [0, 0.1) is 0 Å².